The summed E-state index contributed by atoms with van der Waals surface area (Å²) in [4.78, 5) is 0. The van der Waals surface area contributed by atoms with Gasteiger partial charge in [-0.15, -0.1) is 0 Å². The van der Waals surface area contributed by atoms with Crippen LogP contribution < -0.4 is 5.32 Å². The van der Waals surface area contributed by atoms with E-state index >= 15 is 0 Å². The first-order chi connectivity index (χ1) is 9.99. The fraction of sp³-hybridized carbons (Fsp3) is 0.294. The molecule has 0 aliphatic heterocycles. The fourth-order valence-corrected chi connectivity index (χ4v) is 2.67. The molecule has 112 valence electrons. The summed E-state index contributed by atoms with van der Waals surface area (Å²) in [6.07, 6.45) is 0.579. The van der Waals surface area contributed by atoms with E-state index < -0.39 is 0 Å². The Kier molecular flexibility index (Phi) is 5.32. The number of halogens is 3. The Balaban J connectivity index is 2.30. The lowest BCUT2D eigenvalue weighted by Crippen LogP contribution is -2.23. The predicted octanol–water partition coefficient (Wildman–Crippen LogP) is 4.82. The van der Waals surface area contributed by atoms with Crippen LogP contribution in [0, 0.1) is 18.6 Å². The third kappa shape index (κ3) is 4.26. The number of hydrogen-bond donors (Lipinski definition) is 1. The van der Waals surface area contributed by atoms with Crippen LogP contribution in [-0.2, 0) is 6.42 Å². The van der Waals surface area contributed by atoms with Gasteiger partial charge in [0.05, 0.1) is 0 Å². The van der Waals surface area contributed by atoms with Crippen LogP contribution in [0.25, 0.3) is 0 Å². The molecule has 0 fully saturated rings. The molecule has 0 aliphatic rings. The molecule has 0 heterocycles. The molecule has 0 aliphatic carbocycles. The topological polar surface area (TPSA) is 12.0 Å². The van der Waals surface area contributed by atoms with Crippen molar-refractivity contribution in [3.63, 3.8) is 0 Å². The van der Waals surface area contributed by atoms with E-state index in [1.165, 1.54) is 24.3 Å². The first-order valence-electron chi connectivity index (χ1n) is 6.94. The van der Waals surface area contributed by atoms with Crippen molar-refractivity contribution in [2.75, 3.05) is 6.54 Å². The van der Waals surface area contributed by atoms with Gasteiger partial charge in [-0.2, -0.15) is 0 Å². The second-order valence-electron chi connectivity index (χ2n) is 5.11. The van der Waals surface area contributed by atoms with Crippen LogP contribution in [0.1, 0.15) is 29.7 Å². The maximum atomic E-state index is 13.6. The zero-order chi connectivity index (χ0) is 15.4. The Morgan fingerprint density at radius 3 is 2.48 bits per heavy atom. The number of nitrogens with one attached hydrogen (secondary N) is 1. The van der Waals surface area contributed by atoms with Gasteiger partial charge in [-0.25, -0.2) is 8.78 Å². The van der Waals surface area contributed by atoms with E-state index in [0.29, 0.717) is 11.4 Å². The standard InChI is InChI=1S/C17H18ClF2N/c1-3-21-17(13-6-11(2)7-15(20)8-13)9-12-4-5-14(19)10-16(12)18/h4-8,10,17,21H,3,9H2,1-2H3. The van der Waals surface area contributed by atoms with Crippen LogP contribution in [0.15, 0.2) is 36.4 Å². The van der Waals surface area contributed by atoms with Gasteiger partial charge in [0.25, 0.3) is 0 Å². The van der Waals surface area contributed by atoms with Crippen molar-refractivity contribution in [2.24, 2.45) is 0 Å². The number of benzene rings is 2. The van der Waals surface area contributed by atoms with Crippen molar-refractivity contribution >= 4 is 11.6 Å². The molecule has 0 spiro atoms. The van der Waals surface area contributed by atoms with E-state index in [9.17, 15) is 8.78 Å². The average Bonchev–Trinajstić information content (AvgIpc) is 2.40. The lowest BCUT2D eigenvalue weighted by molar-refractivity contribution is 0.541. The van der Waals surface area contributed by atoms with Crippen molar-refractivity contribution in [2.45, 2.75) is 26.3 Å². The Labute approximate surface area is 128 Å². The third-order valence-electron chi connectivity index (χ3n) is 3.36. The average molecular weight is 310 g/mol. The van der Waals surface area contributed by atoms with Crippen LogP contribution in [-0.4, -0.2) is 6.54 Å². The second kappa shape index (κ2) is 7.01. The first kappa shape index (κ1) is 15.9. The lowest BCUT2D eigenvalue weighted by Gasteiger charge is -2.20. The summed E-state index contributed by atoms with van der Waals surface area (Å²) in [6, 6.07) is 9.28. The molecule has 0 saturated heterocycles. The van der Waals surface area contributed by atoms with Gasteiger partial charge in [0.1, 0.15) is 11.6 Å². The van der Waals surface area contributed by atoms with Gasteiger partial charge in [0.15, 0.2) is 0 Å². The quantitative estimate of drug-likeness (QED) is 0.835. The molecule has 4 heteroatoms. The minimum absolute atomic E-state index is 0.0626. The molecule has 1 N–H and O–H groups in total. The van der Waals surface area contributed by atoms with E-state index in [1.54, 1.807) is 6.07 Å². The van der Waals surface area contributed by atoms with Gasteiger partial charge < -0.3 is 5.32 Å². The molecule has 0 aromatic heterocycles. The minimum Gasteiger partial charge on any atom is -0.310 e. The molecule has 2 aromatic rings. The van der Waals surface area contributed by atoms with E-state index in [0.717, 1.165) is 23.2 Å². The van der Waals surface area contributed by atoms with E-state index in [-0.39, 0.29) is 17.7 Å². The summed E-state index contributed by atoms with van der Waals surface area (Å²) in [5.41, 5.74) is 2.58. The van der Waals surface area contributed by atoms with Crippen LogP contribution in [0.3, 0.4) is 0 Å². The number of likely N-dealkylation sites (N-methyl/N-ethyl adjacent to an activating group) is 1. The molecular weight excluding hydrogens is 292 g/mol. The molecule has 1 atom stereocenters. The summed E-state index contributed by atoms with van der Waals surface area (Å²) in [6.45, 7) is 4.60. The van der Waals surface area contributed by atoms with Crippen molar-refractivity contribution < 1.29 is 8.78 Å². The number of rotatable bonds is 5. The highest BCUT2D eigenvalue weighted by Gasteiger charge is 2.14. The third-order valence-corrected chi connectivity index (χ3v) is 3.71. The fourth-order valence-electron chi connectivity index (χ4n) is 2.43. The number of hydrogen-bond acceptors (Lipinski definition) is 1. The summed E-state index contributed by atoms with van der Waals surface area (Å²) in [5, 5.41) is 3.72. The minimum atomic E-state index is -0.356. The maximum Gasteiger partial charge on any atom is 0.124 e. The molecule has 0 bridgehead atoms. The van der Waals surface area contributed by atoms with Crippen LogP contribution in [0.4, 0.5) is 8.78 Å². The molecule has 0 saturated carbocycles. The highest BCUT2D eigenvalue weighted by molar-refractivity contribution is 6.31. The van der Waals surface area contributed by atoms with Crippen molar-refractivity contribution in [1.82, 2.24) is 5.32 Å². The molecule has 2 aromatic carbocycles. The Hall–Kier alpha value is -1.45. The summed E-state index contributed by atoms with van der Waals surface area (Å²) in [5.74, 6) is -0.608. The van der Waals surface area contributed by atoms with Gasteiger partial charge in [0, 0.05) is 11.1 Å². The zero-order valence-corrected chi connectivity index (χ0v) is 12.8. The molecule has 21 heavy (non-hydrogen) atoms. The van der Waals surface area contributed by atoms with Gasteiger partial charge in [-0.3, -0.25) is 0 Å². The van der Waals surface area contributed by atoms with Crippen LogP contribution in [0.5, 0.6) is 0 Å². The second-order valence-corrected chi connectivity index (χ2v) is 5.52. The normalized spacial score (nSPS) is 12.4. The summed E-state index contributed by atoms with van der Waals surface area (Å²) >= 11 is 6.08. The lowest BCUT2D eigenvalue weighted by atomic mass is 9.97. The molecular formula is C17H18ClF2N. The predicted molar refractivity (Wildman–Crippen MR) is 82.7 cm³/mol. The van der Waals surface area contributed by atoms with Gasteiger partial charge in [0.2, 0.25) is 0 Å². The molecule has 2 rings (SSSR count). The smallest absolute Gasteiger partial charge is 0.124 e. The summed E-state index contributed by atoms with van der Waals surface area (Å²) in [7, 11) is 0. The highest BCUT2D eigenvalue weighted by atomic mass is 35.5. The van der Waals surface area contributed by atoms with E-state index in [1.807, 2.05) is 19.9 Å². The van der Waals surface area contributed by atoms with Crippen molar-refractivity contribution in [3.8, 4) is 0 Å². The summed E-state index contributed by atoms with van der Waals surface area (Å²) < 4.78 is 26.7. The Morgan fingerprint density at radius 2 is 1.86 bits per heavy atom. The van der Waals surface area contributed by atoms with E-state index in [2.05, 4.69) is 5.32 Å². The maximum absolute atomic E-state index is 13.6. The largest absolute Gasteiger partial charge is 0.310 e. The van der Waals surface area contributed by atoms with Gasteiger partial charge in [-0.1, -0.05) is 30.7 Å². The number of aryl methyl sites for hydroxylation is 1. The highest BCUT2D eigenvalue weighted by Crippen LogP contribution is 2.25. The van der Waals surface area contributed by atoms with Gasteiger partial charge in [-0.05, 0) is 60.8 Å². The molecule has 0 radical (unpaired) electrons. The Bertz CT molecular complexity index is 608. The molecule has 0 amide bonds. The van der Waals surface area contributed by atoms with Crippen LogP contribution in [0.2, 0.25) is 5.02 Å². The van der Waals surface area contributed by atoms with Crippen LogP contribution >= 0.6 is 11.6 Å². The van der Waals surface area contributed by atoms with Gasteiger partial charge >= 0.3 is 0 Å². The molecule has 1 nitrogen and oxygen atoms in total. The molecule has 1 unspecified atom stereocenters. The SMILES string of the molecule is CCNC(Cc1ccc(F)cc1Cl)c1cc(C)cc(F)c1. The first-order valence-corrected chi connectivity index (χ1v) is 7.31. The van der Waals surface area contributed by atoms with E-state index in [4.69, 9.17) is 11.6 Å². The van der Waals surface area contributed by atoms with Crippen molar-refractivity contribution in [3.05, 3.63) is 69.7 Å². The zero-order valence-electron chi connectivity index (χ0n) is 12.1. The van der Waals surface area contributed by atoms with Crippen molar-refractivity contribution in [1.29, 1.82) is 0 Å². The Morgan fingerprint density at radius 1 is 1.10 bits per heavy atom. The monoisotopic (exact) mass is 309 g/mol.